The molecule has 2 rings (SSSR count). The summed E-state index contributed by atoms with van der Waals surface area (Å²) in [6, 6.07) is 11.1. The van der Waals surface area contributed by atoms with Crippen LogP contribution < -0.4 is 5.73 Å². The molecule has 0 aliphatic carbocycles. The van der Waals surface area contributed by atoms with Crippen LogP contribution in [0.2, 0.25) is 0 Å². The van der Waals surface area contributed by atoms with Crippen LogP contribution >= 0.6 is 12.4 Å². The van der Waals surface area contributed by atoms with Crippen molar-refractivity contribution in [1.29, 1.82) is 0 Å². The van der Waals surface area contributed by atoms with Crippen LogP contribution in [0.15, 0.2) is 30.3 Å². The van der Waals surface area contributed by atoms with Crippen molar-refractivity contribution in [2.75, 3.05) is 19.6 Å². The molecule has 0 bridgehead atoms. The van der Waals surface area contributed by atoms with Gasteiger partial charge >= 0.3 is 0 Å². The molecule has 1 heterocycles. The minimum absolute atomic E-state index is 0. The van der Waals surface area contributed by atoms with E-state index in [-0.39, 0.29) is 12.4 Å². The van der Waals surface area contributed by atoms with E-state index >= 15 is 0 Å². The summed E-state index contributed by atoms with van der Waals surface area (Å²) >= 11 is 0. The Balaban J connectivity index is 0.00000144. The Hall–Kier alpha value is -0.570. The van der Waals surface area contributed by atoms with Gasteiger partial charge in [-0.05, 0) is 30.9 Å². The van der Waals surface area contributed by atoms with Crippen molar-refractivity contribution in [2.24, 2.45) is 11.7 Å². The molecule has 96 valence electrons. The van der Waals surface area contributed by atoms with E-state index in [9.17, 15) is 0 Å². The number of halogens is 1. The summed E-state index contributed by atoms with van der Waals surface area (Å²) in [7, 11) is 0. The van der Waals surface area contributed by atoms with Gasteiger partial charge in [-0.1, -0.05) is 37.3 Å². The SMILES string of the molecule is CC1CN(CCc2ccccc2)CCC1N.Cl. The monoisotopic (exact) mass is 254 g/mol. The number of nitrogens with two attached hydrogens (primary N) is 1. The van der Waals surface area contributed by atoms with Crippen LogP contribution in [-0.4, -0.2) is 30.6 Å². The highest BCUT2D eigenvalue weighted by Gasteiger charge is 2.22. The first-order valence-electron chi connectivity index (χ1n) is 6.27. The van der Waals surface area contributed by atoms with E-state index in [2.05, 4.69) is 42.2 Å². The van der Waals surface area contributed by atoms with Crippen molar-refractivity contribution in [2.45, 2.75) is 25.8 Å². The van der Waals surface area contributed by atoms with Crippen molar-refractivity contribution in [3.63, 3.8) is 0 Å². The third kappa shape index (κ3) is 4.30. The molecule has 0 amide bonds. The molecule has 0 spiro atoms. The Bertz CT molecular complexity index is 315. The quantitative estimate of drug-likeness (QED) is 0.897. The molecule has 1 fully saturated rings. The minimum Gasteiger partial charge on any atom is -0.327 e. The standard InChI is InChI=1S/C14H22N2.ClH/c1-12-11-16(10-8-14(12)15)9-7-13-5-3-2-4-6-13;/h2-6,12,14H,7-11,15H2,1H3;1H. The van der Waals surface area contributed by atoms with E-state index in [4.69, 9.17) is 5.73 Å². The summed E-state index contributed by atoms with van der Waals surface area (Å²) in [5.74, 6) is 0.643. The molecule has 17 heavy (non-hydrogen) atoms. The van der Waals surface area contributed by atoms with Crippen LogP contribution in [0.4, 0.5) is 0 Å². The average Bonchev–Trinajstić information content (AvgIpc) is 2.32. The molecule has 0 aromatic heterocycles. The maximum absolute atomic E-state index is 6.02. The zero-order chi connectivity index (χ0) is 11.4. The van der Waals surface area contributed by atoms with Gasteiger partial charge in [0, 0.05) is 19.1 Å². The molecule has 2 atom stereocenters. The summed E-state index contributed by atoms with van der Waals surface area (Å²) < 4.78 is 0. The predicted molar refractivity (Wildman–Crippen MR) is 75.6 cm³/mol. The Kier molecular flexibility index (Phi) is 5.96. The normalized spacial score (nSPS) is 25.3. The zero-order valence-corrected chi connectivity index (χ0v) is 11.3. The van der Waals surface area contributed by atoms with Gasteiger partial charge in [-0.25, -0.2) is 0 Å². The Morgan fingerprint density at radius 3 is 2.65 bits per heavy atom. The van der Waals surface area contributed by atoms with E-state index in [1.807, 2.05) is 0 Å². The summed E-state index contributed by atoms with van der Waals surface area (Å²) in [6.07, 6.45) is 2.30. The van der Waals surface area contributed by atoms with Crippen LogP contribution in [-0.2, 0) is 6.42 Å². The van der Waals surface area contributed by atoms with Crippen molar-refractivity contribution in [3.8, 4) is 0 Å². The summed E-state index contributed by atoms with van der Waals surface area (Å²) in [4.78, 5) is 2.54. The first-order chi connectivity index (χ1) is 7.75. The van der Waals surface area contributed by atoms with E-state index in [0.29, 0.717) is 12.0 Å². The molecule has 0 radical (unpaired) electrons. The maximum atomic E-state index is 6.02. The average molecular weight is 255 g/mol. The molecule has 1 aliphatic heterocycles. The van der Waals surface area contributed by atoms with Crippen molar-refractivity contribution in [3.05, 3.63) is 35.9 Å². The van der Waals surface area contributed by atoms with Gasteiger partial charge in [-0.3, -0.25) is 0 Å². The number of benzene rings is 1. The van der Waals surface area contributed by atoms with Crippen LogP contribution in [0.1, 0.15) is 18.9 Å². The molecule has 0 saturated carbocycles. The zero-order valence-electron chi connectivity index (χ0n) is 10.5. The summed E-state index contributed by atoms with van der Waals surface area (Å²) in [6.45, 7) is 5.76. The summed E-state index contributed by atoms with van der Waals surface area (Å²) in [5, 5.41) is 0. The van der Waals surface area contributed by atoms with Crippen molar-refractivity contribution < 1.29 is 0 Å². The lowest BCUT2D eigenvalue weighted by atomic mass is 9.94. The number of piperidine rings is 1. The predicted octanol–water partition coefficient (Wildman–Crippen LogP) is 2.32. The molecule has 2 N–H and O–H groups in total. The van der Waals surface area contributed by atoms with Crippen molar-refractivity contribution in [1.82, 2.24) is 4.90 Å². The lowest BCUT2D eigenvalue weighted by Crippen LogP contribution is -2.46. The van der Waals surface area contributed by atoms with E-state index < -0.39 is 0 Å². The Morgan fingerprint density at radius 2 is 2.00 bits per heavy atom. The molecule has 2 nitrogen and oxygen atoms in total. The first-order valence-corrected chi connectivity index (χ1v) is 6.27. The second kappa shape index (κ2) is 7.00. The molecule has 1 aromatic rings. The van der Waals surface area contributed by atoms with Crippen LogP contribution in [0.3, 0.4) is 0 Å². The van der Waals surface area contributed by atoms with E-state index in [1.165, 1.54) is 18.7 Å². The summed E-state index contributed by atoms with van der Waals surface area (Å²) in [5.41, 5.74) is 7.46. The highest BCUT2D eigenvalue weighted by molar-refractivity contribution is 5.85. The minimum atomic E-state index is 0. The topological polar surface area (TPSA) is 29.3 Å². The number of nitrogens with zero attached hydrogens (tertiary/aromatic N) is 1. The van der Waals surface area contributed by atoms with Gasteiger partial charge in [0.25, 0.3) is 0 Å². The van der Waals surface area contributed by atoms with E-state index in [0.717, 1.165) is 19.4 Å². The molecule has 1 aliphatic rings. The largest absolute Gasteiger partial charge is 0.327 e. The van der Waals surface area contributed by atoms with Crippen LogP contribution in [0, 0.1) is 5.92 Å². The van der Waals surface area contributed by atoms with Gasteiger partial charge in [0.05, 0.1) is 0 Å². The third-order valence-electron chi connectivity index (χ3n) is 3.62. The Morgan fingerprint density at radius 1 is 1.29 bits per heavy atom. The second-order valence-electron chi connectivity index (χ2n) is 4.97. The van der Waals surface area contributed by atoms with Gasteiger partial charge in [0.2, 0.25) is 0 Å². The number of rotatable bonds is 3. The smallest absolute Gasteiger partial charge is 0.00889 e. The lowest BCUT2D eigenvalue weighted by molar-refractivity contribution is 0.166. The fourth-order valence-corrected chi connectivity index (χ4v) is 2.39. The highest BCUT2D eigenvalue weighted by Crippen LogP contribution is 2.15. The van der Waals surface area contributed by atoms with Gasteiger partial charge in [0.15, 0.2) is 0 Å². The maximum Gasteiger partial charge on any atom is 0.00889 e. The fraction of sp³-hybridized carbons (Fsp3) is 0.571. The highest BCUT2D eigenvalue weighted by atomic mass is 35.5. The molecule has 3 heteroatoms. The van der Waals surface area contributed by atoms with Crippen molar-refractivity contribution >= 4 is 12.4 Å². The van der Waals surface area contributed by atoms with Crippen LogP contribution in [0.25, 0.3) is 0 Å². The number of hydrogen-bond donors (Lipinski definition) is 1. The third-order valence-corrected chi connectivity index (χ3v) is 3.62. The van der Waals surface area contributed by atoms with E-state index in [1.54, 1.807) is 0 Å². The molecular weight excluding hydrogens is 232 g/mol. The molecule has 1 saturated heterocycles. The lowest BCUT2D eigenvalue weighted by Gasteiger charge is -2.35. The molecule has 2 unspecified atom stereocenters. The molecular formula is C14H23ClN2. The number of hydrogen-bond acceptors (Lipinski definition) is 2. The van der Waals surface area contributed by atoms with Gasteiger partial charge < -0.3 is 10.6 Å². The first kappa shape index (κ1) is 14.5. The second-order valence-corrected chi connectivity index (χ2v) is 4.97. The van der Waals surface area contributed by atoms with Gasteiger partial charge in [0.1, 0.15) is 0 Å². The van der Waals surface area contributed by atoms with Gasteiger partial charge in [-0.2, -0.15) is 0 Å². The Labute approximate surface area is 111 Å². The van der Waals surface area contributed by atoms with Crippen LogP contribution in [0.5, 0.6) is 0 Å². The fourth-order valence-electron chi connectivity index (χ4n) is 2.39. The number of likely N-dealkylation sites (tertiary alicyclic amines) is 1. The molecule has 1 aromatic carbocycles. The van der Waals surface area contributed by atoms with Gasteiger partial charge in [-0.15, -0.1) is 12.4 Å².